The van der Waals surface area contributed by atoms with E-state index in [0.29, 0.717) is 31.0 Å². The first kappa shape index (κ1) is 13.4. The number of aryl methyl sites for hydroxylation is 1. The SMILES string of the molecule is CCc1ncnc(N2C[C@H]3[C@@H](CO)[C@@H]4CC[C@@]3(C2)O4)c1F. The number of nitrogens with zero attached hydrogens (tertiary/aromatic N) is 3. The molecule has 0 radical (unpaired) electrons. The second-order valence-electron chi connectivity index (χ2n) is 6.40. The molecular formula is C15H20FN3O2. The number of ether oxygens (including phenoxy) is 1. The predicted molar refractivity (Wildman–Crippen MR) is 74.5 cm³/mol. The lowest BCUT2D eigenvalue weighted by atomic mass is 9.74. The van der Waals surface area contributed by atoms with Crippen molar-refractivity contribution in [2.45, 2.75) is 37.9 Å². The molecule has 4 atom stereocenters. The molecule has 0 aliphatic carbocycles. The van der Waals surface area contributed by atoms with Crippen molar-refractivity contribution < 1.29 is 14.2 Å². The first-order chi connectivity index (χ1) is 10.2. The minimum absolute atomic E-state index is 0.150. The normalized spacial score (nSPS) is 37.3. The topological polar surface area (TPSA) is 58.5 Å². The molecule has 3 saturated heterocycles. The summed E-state index contributed by atoms with van der Waals surface area (Å²) in [4.78, 5) is 10.1. The molecule has 21 heavy (non-hydrogen) atoms. The van der Waals surface area contributed by atoms with Crippen molar-refractivity contribution in [3.05, 3.63) is 17.8 Å². The van der Waals surface area contributed by atoms with Crippen molar-refractivity contribution in [2.75, 3.05) is 24.6 Å². The first-order valence-corrected chi connectivity index (χ1v) is 7.71. The fourth-order valence-electron chi connectivity index (χ4n) is 4.46. The predicted octanol–water partition coefficient (Wildman–Crippen LogP) is 1.15. The molecule has 1 aromatic heterocycles. The van der Waals surface area contributed by atoms with E-state index in [1.807, 2.05) is 11.8 Å². The third-order valence-electron chi connectivity index (χ3n) is 5.47. The van der Waals surface area contributed by atoms with Crippen LogP contribution < -0.4 is 4.90 Å². The summed E-state index contributed by atoms with van der Waals surface area (Å²) in [6.07, 6.45) is 4.18. The molecule has 3 aliphatic rings. The summed E-state index contributed by atoms with van der Waals surface area (Å²) >= 11 is 0. The lowest BCUT2D eigenvalue weighted by molar-refractivity contribution is 0.0128. The molecule has 5 nitrogen and oxygen atoms in total. The number of fused-ring (bicyclic) bond motifs is 1. The second-order valence-corrected chi connectivity index (χ2v) is 6.40. The molecule has 3 fully saturated rings. The highest BCUT2D eigenvalue weighted by molar-refractivity contribution is 5.45. The summed E-state index contributed by atoms with van der Waals surface area (Å²) in [5, 5.41) is 9.63. The Morgan fingerprint density at radius 1 is 1.52 bits per heavy atom. The van der Waals surface area contributed by atoms with Gasteiger partial charge in [-0.25, -0.2) is 14.4 Å². The van der Waals surface area contributed by atoms with Gasteiger partial charge in [0.2, 0.25) is 0 Å². The molecule has 1 N–H and O–H groups in total. The second kappa shape index (κ2) is 4.61. The van der Waals surface area contributed by atoms with Crippen LogP contribution in [0.5, 0.6) is 0 Å². The van der Waals surface area contributed by atoms with Gasteiger partial charge in [-0.3, -0.25) is 0 Å². The monoisotopic (exact) mass is 293 g/mol. The molecule has 0 aromatic carbocycles. The number of aliphatic hydroxyl groups excluding tert-OH is 1. The number of rotatable bonds is 3. The molecule has 114 valence electrons. The zero-order valence-electron chi connectivity index (χ0n) is 12.1. The van der Waals surface area contributed by atoms with Crippen molar-refractivity contribution in [3.63, 3.8) is 0 Å². The fraction of sp³-hybridized carbons (Fsp3) is 0.733. The van der Waals surface area contributed by atoms with E-state index in [2.05, 4.69) is 9.97 Å². The largest absolute Gasteiger partial charge is 0.396 e. The molecule has 0 unspecified atom stereocenters. The van der Waals surface area contributed by atoms with E-state index < -0.39 is 0 Å². The average Bonchev–Trinajstić information content (AvgIpc) is 3.14. The van der Waals surface area contributed by atoms with E-state index >= 15 is 0 Å². The van der Waals surface area contributed by atoms with E-state index in [-0.39, 0.29) is 36.0 Å². The van der Waals surface area contributed by atoms with Crippen LogP contribution in [0.2, 0.25) is 0 Å². The summed E-state index contributed by atoms with van der Waals surface area (Å²) in [6, 6.07) is 0. The van der Waals surface area contributed by atoms with Crippen molar-refractivity contribution in [1.29, 1.82) is 0 Å². The number of halogens is 1. The van der Waals surface area contributed by atoms with Crippen molar-refractivity contribution in [2.24, 2.45) is 11.8 Å². The van der Waals surface area contributed by atoms with Crippen LogP contribution in [0.25, 0.3) is 0 Å². The summed E-state index contributed by atoms with van der Waals surface area (Å²) in [7, 11) is 0. The molecule has 0 saturated carbocycles. The van der Waals surface area contributed by atoms with Gasteiger partial charge in [0.05, 0.1) is 17.4 Å². The fourth-order valence-corrected chi connectivity index (χ4v) is 4.46. The van der Waals surface area contributed by atoms with E-state index in [9.17, 15) is 9.50 Å². The highest BCUT2D eigenvalue weighted by Crippen LogP contribution is 2.55. The minimum Gasteiger partial charge on any atom is -0.396 e. The molecule has 0 amide bonds. The Labute approximate surface area is 123 Å². The van der Waals surface area contributed by atoms with Crippen LogP contribution in [0.3, 0.4) is 0 Å². The van der Waals surface area contributed by atoms with Crippen LogP contribution in [0.4, 0.5) is 10.2 Å². The Morgan fingerprint density at radius 2 is 2.38 bits per heavy atom. The van der Waals surface area contributed by atoms with Crippen LogP contribution in [0.15, 0.2) is 6.33 Å². The average molecular weight is 293 g/mol. The number of hydrogen-bond acceptors (Lipinski definition) is 5. The summed E-state index contributed by atoms with van der Waals surface area (Å²) in [6.45, 7) is 3.41. The van der Waals surface area contributed by atoms with Crippen LogP contribution in [0.1, 0.15) is 25.5 Å². The van der Waals surface area contributed by atoms with Crippen molar-refractivity contribution >= 4 is 5.82 Å². The number of anilines is 1. The molecule has 4 heterocycles. The molecular weight excluding hydrogens is 273 g/mol. The number of hydrogen-bond donors (Lipinski definition) is 1. The molecule has 1 aromatic rings. The van der Waals surface area contributed by atoms with Gasteiger partial charge in [-0.15, -0.1) is 0 Å². The van der Waals surface area contributed by atoms with Crippen molar-refractivity contribution in [3.8, 4) is 0 Å². The summed E-state index contributed by atoms with van der Waals surface area (Å²) in [5.74, 6) is 0.529. The van der Waals surface area contributed by atoms with Crippen LogP contribution in [-0.4, -0.2) is 46.5 Å². The van der Waals surface area contributed by atoms with E-state index in [1.54, 1.807) is 0 Å². The third-order valence-corrected chi connectivity index (χ3v) is 5.47. The number of aliphatic hydroxyl groups is 1. The Hall–Kier alpha value is -1.27. The Morgan fingerprint density at radius 3 is 3.14 bits per heavy atom. The highest BCUT2D eigenvalue weighted by Gasteiger charge is 2.63. The Bertz CT molecular complexity index is 570. The van der Waals surface area contributed by atoms with Gasteiger partial charge in [-0.05, 0) is 19.3 Å². The number of aromatic nitrogens is 2. The van der Waals surface area contributed by atoms with Crippen LogP contribution >= 0.6 is 0 Å². The summed E-state index contributed by atoms with van der Waals surface area (Å²) in [5.41, 5.74) is 0.250. The zero-order valence-corrected chi connectivity index (χ0v) is 12.1. The van der Waals surface area contributed by atoms with Gasteiger partial charge in [0.25, 0.3) is 0 Å². The van der Waals surface area contributed by atoms with Gasteiger partial charge in [0.1, 0.15) is 6.33 Å². The third kappa shape index (κ3) is 1.75. The van der Waals surface area contributed by atoms with Gasteiger partial charge in [0, 0.05) is 31.5 Å². The van der Waals surface area contributed by atoms with Gasteiger partial charge >= 0.3 is 0 Å². The van der Waals surface area contributed by atoms with Crippen LogP contribution in [0, 0.1) is 17.7 Å². The van der Waals surface area contributed by atoms with Gasteiger partial charge in [0.15, 0.2) is 11.6 Å². The maximum absolute atomic E-state index is 14.5. The maximum atomic E-state index is 14.5. The molecule has 1 spiro atoms. The minimum atomic E-state index is -0.313. The standard InChI is InChI=1S/C15H20FN3O2/c1-2-11-13(16)14(18-8-17-11)19-5-10-9(6-20)12-3-4-15(10,7-19)21-12/h8-10,12,20H,2-7H2,1H3/t9-,10+,12+,15+/m1/s1. The molecule has 3 aliphatic heterocycles. The molecule has 4 rings (SSSR count). The van der Waals surface area contributed by atoms with E-state index in [4.69, 9.17) is 4.74 Å². The highest BCUT2D eigenvalue weighted by atomic mass is 19.1. The van der Waals surface area contributed by atoms with E-state index in [1.165, 1.54) is 6.33 Å². The Balaban J connectivity index is 1.65. The Kier molecular flexibility index (Phi) is 2.94. The van der Waals surface area contributed by atoms with Gasteiger partial charge in [-0.2, -0.15) is 0 Å². The lowest BCUT2D eigenvalue weighted by Crippen LogP contribution is -2.37. The quantitative estimate of drug-likeness (QED) is 0.906. The lowest BCUT2D eigenvalue weighted by Gasteiger charge is -2.27. The zero-order chi connectivity index (χ0) is 14.6. The van der Waals surface area contributed by atoms with Crippen molar-refractivity contribution in [1.82, 2.24) is 9.97 Å². The smallest absolute Gasteiger partial charge is 0.187 e. The molecule has 2 bridgehead atoms. The first-order valence-electron chi connectivity index (χ1n) is 7.71. The van der Waals surface area contributed by atoms with E-state index in [0.717, 1.165) is 12.8 Å². The summed E-state index contributed by atoms with van der Waals surface area (Å²) < 4.78 is 20.6. The molecule has 6 heteroatoms. The van der Waals surface area contributed by atoms with Gasteiger partial charge < -0.3 is 14.7 Å². The van der Waals surface area contributed by atoms with Crippen LogP contribution in [-0.2, 0) is 11.2 Å². The van der Waals surface area contributed by atoms with Gasteiger partial charge in [-0.1, -0.05) is 6.92 Å². The maximum Gasteiger partial charge on any atom is 0.187 e.